The Labute approximate surface area is 159 Å². The smallest absolute Gasteiger partial charge is 0.244 e. The highest BCUT2D eigenvalue weighted by Gasteiger charge is 2.07. The summed E-state index contributed by atoms with van der Waals surface area (Å²) in [6.07, 6.45) is 3.19. The second kappa shape index (κ2) is 10.1. The van der Waals surface area contributed by atoms with E-state index in [9.17, 15) is 4.79 Å². The van der Waals surface area contributed by atoms with E-state index in [0.29, 0.717) is 18.1 Å². The van der Waals surface area contributed by atoms with E-state index in [-0.39, 0.29) is 11.9 Å². The Morgan fingerprint density at radius 3 is 2.26 bits per heavy atom. The molecule has 0 saturated carbocycles. The molecule has 2 aromatic rings. The van der Waals surface area contributed by atoms with Gasteiger partial charge in [-0.25, -0.2) is 0 Å². The molecule has 0 fully saturated rings. The van der Waals surface area contributed by atoms with Gasteiger partial charge < -0.3 is 24.3 Å². The topological polar surface area (TPSA) is 66.0 Å². The Morgan fingerprint density at radius 1 is 0.963 bits per heavy atom. The number of methoxy groups -OCH3 is 3. The standard InChI is InChI=1S/C21H25NO5/c1-15(14-27-18-9-7-17(24-2)8-10-18)22-21(23)12-6-16-5-11-19(25-3)20(13-16)26-4/h5-13,15H,14H2,1-4H3,(H,22,23)/b12-6+. The first-order chi connectivity index (χ1) is 13.0. The first-order valence-corrected chi connectivity index (χ1v) is 8.53. The van der Waals surface area contributed by atoms with E-state index in [1.54, 1.807) is 39.5 Å². The summed E-state index contributed by atoms with van der Waals surface area (Å²) in [5.41, 5.74) is 0.838. The van der Waals surface area contributed by atoms with Crippen molar-refractivity contribution in [1.82, 2.24) is 5.32 Å². The number of ether oxygens (including phenoxy) is 4. The number of hydrogen-bond acceptors (Lipinski definition) is 5. The lowest BCUT2D eigenvalue weighted by atomic mass is 10.2. The molecule has 0 heterocycles. The highest BCUT2D eigenvalue weighted by molar-refractivity contribution is 5.92. The van der Waals surface area contributed by atoms with Crippen LogP contribution >= 0.6 is 0 Å². The minimum atomic E-state index is -0.199. The quantitative estimate of drug-likeness (QED) is 0.685. The summed E-state index contributed by atoms with van der Waals surface area (Å²) in [4.78, 5) is 12.1. The van der Waals surface area contributed by atoms with Gasteiger partial charge in [-0.15, -0.1) is 0 Å². The van der Waals surface area contributed by atoms with Crippen LogP contribution in [0.3, 0.4) is 0 Å². The third-order valence-corrected chi connectivity index (χ3v) is 3.78. The zero-order valence-electron chi connectivity index (χ0n) is 16.0. The Kier molecular flexibility index (Phi) is 7.55. The van der Waals surface area contributed by atoms with E-state index < -0.39 is 0 Å². The van der Waals surface area contributed by atoms with Crippen LogP contribution in [0, 0.1) is 0 Å². The van der Waals surface area contributed by atoms with Gasteiger partial charge in [-0.1, -0.05) is 6.07 Å². The van der Waals surface area contributed by atoms with E-state index in [4.69, 9.17) is 18.9 Å². The van der Waals surface area contributed by atoms with E-state index in [1.165, 1.54) is 6.08 Å². The van der Waals surface area contributed by atoms with Crippen molar-refractivity contribution in [3.8, 4) is 23.0 Å². The van der Waals surface area contributed by atoms with Crippen LogP contribution in [0.15, 0.2) is 48.5 Å². The van der Waals surface area contributed by atoms with Gasteiger partial charge in [-0.3, -0.25) is 4.79 Å². The molecule has 0 aliphatic carbocycles. The number of carbonyl (C=O) groups is 1. The number of carbonyl (C=O) groups excluding carboxylic acids is 1. The van der Waals surface area contributed by atoms with Crippen LogP contribution in [0.25, 0.3) is 6.08 Å². The van der Waals surface area contributed by atoms with Crippen LogP contribution in [0.2, 0.25) is 0 Å². The molecule has 6 heteroatoms. The van der Waals surface area contributed by atoms with Gasteiger partial charge in [0.05, 0.1) is 27.4 Å². The van der Waals surface area contributed by atoms with Crippen LogP contribution in [-0.2, 0) is 4.79 Å². The first kappa shape index (κ1) is 20.2. The average molecular weight is 371 g/mol. The molecule has 6 nitrogen and oxygen atoms in total. The summed E-state index contributed by atoms with van der Waals surface area (Å²) in [5.74, 6) is 2.54. The third-order valence-electron chi connectivity index (χ3n) is 3.78. The predicted molar refractivity (Wildman–Crippen MR) is 105 cm³/mol. The zero-order chi connectivity index (χ0) is 19.6. The highest BCUT2D eigenvalue weighted by atomic mass is 16.5. The molecule has 1 atom stereocenters. The van der Waals surface area contributed by atoms with E-state index in [2.05, 4.69) is 5.32 Å². The highest BCUT2D eigenvalue weighted by Crippen LogP contribution is 2.27. The fourth-order valence-corrected chi connectivity index (χ4v) is 2.35. The fourth-order valence-electron chi connectivity index (χ4n) is 2.35. The summed E-state index contributed by atoms with van der Waals surface area (Å²) in [6.45, 7) is 2.24. The van der Waals surface area contributed by atoms with Crippen molar-refractivity contribution in [2.24, 2.45) is 0 Å². The Balaban J connectivity index is 1.84. The molecule has 0 saturated heterocycles. The number of hydrogen-bond donors (Lipinski definition) is 1. The summed E-state index contributed by atoms with van der Waals surface area (Å²) in [6, 6.07) is 12.6. The van der Waals surface area contributed by atoms with Crippen LogP contribution < -0.4 is 24.3 Å². The van der Waals surface area contributed by atoms with Crippen molar-refractivity contribution >= 4 is 12.0 Å². The van der Waals surface area contributed by atoms with Gasteiger partial charge in [0.25, 0.3) is 0 Å². The SMILES string of the molecule is COc1ccc(OCC(C)NC(=O)/C=C/c2ccc(OC)c(OC)c2)cc1. The molecule has 2 rings (SSSR count). The van der Waals surface area contributed by atoms with Crippen LogP contribution in [0.5, 0.6) is 23.0 Å². The summed E-state index contributed by atoms with van der Waals surface area (Å²) in [7, 11) is 4.77. The second-order valence-electron chi connectivity index (χ2n) is 5.84. The predicted octanol–water partition coefficient (Wildman–Crippen LogP) is 3.31. The number of rotatable bonds is 9. The monoisotopic (exact) mass is 371 g/mol. The minimum Gasteiger partial charge on any atom is -0.497 e. The van der Waals surface area contributed by atoms with Crippen molar-refractivity contribution < 1.29 is 23.7 Å². The lowest BCUT2D eigenvalue weighted by molar-refractivity contribution is -0.117. The maximum Gasteiger partial charge on any atom is 0.244 e. The molecule has 0 aliphatic rings. The van der Waals surface area contributed by atoms with Gasteiger partial charge in [0.15, 0.2) is 11.5 Å². The molecule has 0 radical (unpaired) electrons. The number of nitrogens with one attached hydrogen (secondary N) is 1. The Morgan fingerprint density at radius 2 is 1.63 bits per heavy atom. The molecule has 0 aromatic heterocycles. The van der Waals surface area contributed by atoms with Gasteiger partial charge in [-0.2, -0.15) is 0 Å². The summed E-state index contributed by atoms with van der Waals surface area (Å²) < 4.78 is 21.2. The van der Waals surface area contributed by atoms with Crippen LogP contribution in [-0.4, -0.2) is 39.9 Å². The molecule has 27 heavy (non-hydrogen) atoms. The minimum absolute atomic E-state index is 0.144. The van der Waals surface area contributed by atoms with Crippen molar-refractivity contribution in [2.45, 2.75) is 13.0 Å². The molecule has 144 valence electrons. The summed E-state index contributed by atoms with van der Waals surface area (Å²) >= 11 is 0. The zero-order valence-corrected chi connectivity index (χ0v) is 16.0. The van der Waals surface area contributed by atoms with Crippen molar-refractivity contribution in [1.29, 1.82) is 0 Å². The molecule has 0 spiro atoms. The fraction of sp³-hybridized carbons (Fsp3) is 0.286. The molecule has 2 aromatic carbocycles. The van der Waals surface area contributed by atoms with Crippen LogP contribution in [0.1, 0.15) is 12.5 Å². The number of amides is 1. The van der Waals surface area contributed by atoms with Gasteiger partial charge in [0, 0.05) is 6.08 Å². The van der Waals surface area contributed by atoms with E-state index in [0.717, 1.165) is 17.1 Å². The Bertz CT molecular complexity index is 771. The molecular formula is C21H25NO5. The van der Waals surface area contributed by atoms with Gasteiger partial charge in [0.1, 0.15) is 18.1 Å². The first-order valence-electron chi connectivity index (χ1n) is 8.53. The van der Waals surface area contributed by atoms with Gasteiger partial charge >= 0.3 is 0 Å². The molecule has 1 unspecified atom stereocenters. The molecular weight excluding hydrogens is 346 g/mol. The van der Waals surface area contributed by atoms with Crippen molar-refractivity contribution in [2.75, 3.05) is 27.9 Å². The maximum absolute atomic E-state index is 12.1. The average Bonchev–Trinajstić information content (AvgIpc) is 2.70. The Hall–Kier alpha value is -3.15. The van der Waals surface area contributed by atoms with E-state index >= 15 is 0 Å². The molecule has 0 bridgehead atoms. The van der Waals surface area contributed by atoms with E-state index in [1.807, 2.05) is 37.3 Å². The second-order valence-corrected chi connectivity index (χ2v) is 5.84. The van der Waals surface area contributed by atoms with Crippen LogP contribution in [0.4, 0.5) is 0 Å². The van der Waals surface area contributed by atoms with Crippen molar-refractivity contribution in [3.63, 3.8) is 0 Å². The summed E-state index contributed by atoms with van der Waals surface area (Å²) in [5, 5.41) is 2.86. The molecule has 1 N–H and O–H groups in total. The lowest BCUT2D eigenvalue weighted by Crippen LogP contribution is -2.35. The lowest BCUT2D eigenvalue weighted by Gasteiger charge is -2.14. The molecule has 0 aliphatic heterocycles. The normalized spacial score (nSPS) is 11.7. The maximum atomic E-state index is 12.1. The largest absolute Gasteiger partial charge is 0.497 e. The number of benzene rings is 2. The van der Waals surface area contributed by atoms with Gasteiger partial charge in [-0.05, 0) is 55.0 Å². The molecule has 1 amide bonds. The van der Waals surface area contributed by atoms with Gasteiger partial charge in [0.2, 0.25) is 5.91 Å². The third kappa shape index (κ3) is 6.26. The van der Waals surface area contributed by atoms with Crippen molar-refractivity contribution in [3.05, 3.63) is 54.1 Å².